The Morgan fingerprint density at radius 3 is 2.71 bits per heavy atom. The van der Waals surface area contributed by atoms with E-state index in [1.165, 1.54) is 0 Å². The van der Waals surface area contributed by atoms with Gasteiger partial charge in [0.25, 0.3) is 5.91 Å². The summed E-state index contributed by atoms with van der Waals surface area (Å²) in [5.74, 6) is -0.132. The van der Waals surface area contributed by atoms with Crippen LogP contribution in [-0.4, -0.2) is 33.1 Å². The first kappa shape index (κ1) is 20.3. The maximum absolute atomic E-state index is 13.0. The highest BCUT2D eigenvalue weighted by Crippen LogP contribution is 2.27. The number of hydrogen-bond acceptors (Lipinski definition) is 5. The molecule has 0 spiro atoms. The van der Waals surface area contributed by atoms with Crippen molar-refractivity contribution < 1.29 is 14.0 Å². The molecule has 0 bridgehead atoms. The molecule has 31 heavy (non-hydrogen) atoms. The van der Waals surface area contributed by atoms with Gasteiger partial charge in [0, 0.05) is 12.7 Å². The molecule has 0 fully saturated rings. The van der Waals surface area contributed by atoms with Gasteiger partial charge in [-0.25, -0.2) is 4.98 Å². The summed E-state index contributed by atoms with van der Waals surface area (Å²) in [6, 6.07) is 12.8. The summed E-state index contributed by atoms with van der Waals surface area (Å²) in [5.41, 5.74) is 3.95. The van der Waals surface area contributed by atoms with Gasteiger partial charge >= 0.3 is 0 Å². The summed E-state index contributed by atoms with van der Waals surface area (Å²) in [6.45, 7) is 3.69. The number of amides is 2. The molecule has 4 aromatic rings. The molecule has 8 nitrogen and oxygen atoms in total. The normalized spacial score (nSPS) is 10.9. The van der Waals surface area contributed by atoms with E-state index < -0.39 is 0 Å². The molecular formula is C23H23N5O3. The van der Waals surface area contributed by atoms with E-state index in [4.69, 9.17) is 4.42 Å². The standard InChI is InChI=1S/C23H23N5O3/c1-4-15-8-5-6-9-17(15)25-20(29)13-24-23(30)16-12-18(19-10-7-11-31-19)26-22-21(16)14(2)27-28(22)3/h5-12H,4,13H2,1-3H3,(H,24,30)(H,25,29). The van der Waals surface area contributed by atoms with Crippen molar-refractivity contribution in [2.24, 2.45) is 7.05 Å². The van der Waals surface area contributed by atoms with Crippen molar-refractivity contribution in [3.63, 3.8) is 0 Å². The molecule has 3 aromatic heterocycles. The summed E-state index contributed by atoms with van der Waals surface area (Å²) < 4.78 is 7.08. The number of nitrogens with zero attached hydrogens (tertiary/aromatic N) is 3. The van der Waals surface area contributed by atoms with Crippen molar-refractivity contribution in [1.82, 2.24) is 20.1 Å². The van der Waals surface area contributed by atoms with E-state index in [0.717, 1.165) is 17.7 Å². The molecule has 3 heterocycles. The second-order valence-corrected chi connectivity index (χ2v) is 7.18. The second-order valence-electron chi connectivity index (χ2n) is 7.18. The summed E-state index contributed by atoms with van der Waals surface area (Å²) >= 11 is 0. The lowest BCUT2D eigenvalue weighted by molar-refractivity contribution is -0.115. The molecule has 8 heteroatoms. The van der Waals surface area contributed by atoms with E-state index in [0.29, 0.717) is 33.7 Å². The Bertz CT molecular complexity index is 1260. The fraction of sp³-hybridized carbons (Fsp3) is 0.217. The number of carbonyl (C=O) groups is 2. The van der Waals surface area contributed by atoms with Crippen LogP contribution in [0.4, 0.5) is 5.69 Å². The van der Waals surface area contributed by atoms with Crippen LogP contribution < -0.4 is 10.6 Å². The molecule has 1 aromatic carbocycles. The molecule has 4 rings (SSSR count). The number of furan rings is 1. The van der Waals surface area contributed by atoms with E-state index in [9.17, 15) is 9.59 Å². The highest BCUT2D eigenvalue weighted by Gasteiger charge is 2.20. The summed E-state index contributed by atoms with van der Waals surface area (Å²) in [4.78, 5) is 30.1. The lowest BCUT2D eigenvalue weighted by Gasteiger charge is -2.11. The van der Waals surface area contributed by atoms with Gasteiger partial charge < -0.3 is 15.1 Å². The van der Waals surface area contributed by atoms with Gasteiger partial charge in [-0.2, -0.15) is 5.10 Å². The van der Waals surface area contributed by atoms with Crippen LogP contribution in [0.3, 0.4) is 0 Å². The van der Waals surface area contributed by atoms with Gasteiger partial charge in [-0.05, 0) is 43.2 Å². The minimum atomic E-state index is -0.379. The third kappa shape index (κ3) is 4.05. The maximum atomic E-state index is 13.0. The van der Waals surface area contributed by atoms with Gasteiger partial charge in [-0.3, -0.25) is 14.3 Å². The summed E-state index contributed by atoms with van der Waals surface area (Å²) in [6.07, 6.45) is 2.35. The van der Waals surface area contributed by atoms with Crippen molar-refractivity contribution in [2.75, 3.05) is 11.9 Å². The smallest absolute Gasteiger partial charge is 0.252 e. The number of aromatic nitrogens is 3. The van der Waals surface area contributed by atoms with Gasteiger partial charge in [0.05, 0.1) is 29.5 Å². The van der Waals surface area contributed by atoms with E-state index in [1.54, 1.807) is 36.2 Å². The molecule has 0 saturated carbocycles. The molecular weight excluding hydrogens is 394 g/mol. The van der Waals surface area contributed by atoms with Gasteiger partial charge in [0.2, 0.25) is 5.91 Å². The van der Waals surface area contributed by atoms with Crippen LogP contribution in [0.2, 0.25) is 0 Å². The quantitative estimate of drug-likeness (QED) is 0.500. The number of rotatable bonds is 6. The van der Waals surface area contributed by atoms with Crippen molar-refractivity contribution in [3.8, 4) is 11.5 Å². The van der Waals surface area contributed by atoms with Crippen LogP contribution >= 0.6 is 0 Å². The molecule has 0 aliphatic carbocycles. The van der Waals surface area contributed by atoms with Crippen LogP contribution in [0.15, 0.2) is 53.1 Å². The lowest BCUT2D eigenvalue weighted by atomic mass is 10.1. The van der Waals surface area contributed by atoms with Crippen molar-refractivity contribution in [3.05, 3.63) is 65.5 Å². The Balaban J connectivity index is 1.58. The first-order chi connectivity index (χ1) is 15.0. The van der Waals surface area contributed by atoms with Crippen LogP contribution in [0.25, 0.3) is 22.5 Å². The van der Waals surface area contributed by atoms with E-state index >= 15 is 0 Å². The Kier molecular flexibility index (Phi) is 5.53. The summed E-state index contributed by atoms with van der Waals surface area (Å²) in [7, 11) is 1.77. The van der Waals surface area contributed by atoms with Gasteiger partial charge in [-0.15, -0.1) is 0 Å². The lowest BCUT2D eigenvalue weighted by Crippen LogP contribution is -2.33. The number of benzene rings is 1. The number of hydrogen-bond donors (Lipinski definition) is 2. The molecule has 0 aliphatic rings. The first-order valence-corrected chi connectivity index (χ1v) is 10.0. The molecule has 2 N–H and O–H groups in total. The molecule has 158 valence electrons. The molecule has 0 atom stereocenters. The number of pyridine rings is 1. The van der Waals surface area contributed by atoms with Gasteiger partial charge in [0.15, 0.2) is 11.4 Å². The minimum absolute atomic E-state index is 0.157. The Morgan fingerprint density at radius 2 is 1.97 bits per heavy atom. The molecule has 0 aliphatic heterocycles. The van der Waals surface area contributed by atoms with Crippen LogP contribution in [0, 0.1) is 6.92 Å². The Labute approximate surface area is 179 Å². The Morgan fingerprint density at radius 1 is 1.16 bits per heavy atom. The number of carbonyl (C=O) groups excluding carboxylic acids is 2. The second kappa shape index (κ2) is 8.43. The predicted molar refractivity (Wildman–Crippen MR) is 118 cm³/mol. The zero-order chi connectivity index (χ0) is 22.0. The largest absolute Gasteiger partial charge is 0.463 e. The van der Waals surface area contributed by atoms with Crippen molar-refractivity contribution in [2.45, 2.75) is 20.3 Å². The van der Waals surface area contributed by atoms with E-state index in [-0.39, 0.29) is 18.4 Å². The first-order valence-electron chi connectivity index (χ1n) is 10.0. The SMILES string of the molecule is CCc1ccccc1NC(=O)CNC(=O)c1cc(-c2ccco2)nc2c1c(C)nn2C. The maximum Gasteiger partial charge on any atom is 0.252 e. The highest BCUT2D eigenvalue weighted by molar-refractivity contribution is 6.08. The van der Waals surface area contributed by atoms with E-state index in [1.807, 2.05) is 38.1 Å². The average molecular weight is 417 g/mol. The fourth-order valence-electron chi connectivity index (χ4n) is 3.58. The van der Waals surface area contributed by atoms with Crippen LogP contribution in [0.1, 0.15) is 28.5 Å². The molecule has 2 amide bonds. The van der Waals surface area contributed by atoms with Crippen molar-refractivity contribution in [1.29, 1.82) is 0 Å². The zero-order valence-corrected chi connectivity index (χ0v) is 17.6. The number of nitrogens with one attached hydrogen (secondary N) is 2. The topological polar surface area (TPSA) is 102 Å². The third-order valence-electron chi connectivity index (χ3n) is 5.07. The highest BCUT2D eigenvalue weighted by atomic mass is 16.3. The molecule has 0 saturated heterocycles. The molecule has 0 radical (unpaired) electrons. The number of anilines is 1. The Hall–Kier alpha value is -3.94. The minimum Gasteiger partial charge on any atom is -0.463 e. The number of aryl methyl sites for hydroxylation is 3. The monoisotopic (exact) mass is 417 g/mol. The van der Waals surface area contributed by atoms with Crippen molar-refractivity contribution >= 4 is 28.5 Å². The fourth-order valence-corrected chi connectivity index (χ4v) is 3.58. The predicted octanol–water partition coefficient (Wildman–Crippen LogP) is 3.47. The van der Waals surface area contributed by atoms with E-state index in [2.05, 4.69) is 20.7 Å². The number of fused-ring (bicyclic) bond motifs is 1. The number of para-hydroxylation sites is 1. The van der Waals surface area contributed by atoms with Crippen LogP contribution in [0.5, 0.6) is 0 Å². The van der Waals surface area contributed by atoms with Gasteiger partial charge in [-0.1, -0.05) is 25.1 Å². The average Bonchev–Trinajstić information content (AvgIpc) is 3.40. The van der Waals surface area contributed by atoms with Gasteiger partial charge in [0.1, 0.15) is 5.69 Å². The third-order valence-corrected chi connectivity index (χ3v) is 5.07. The molecule has 0 unspecified atom stereocenters. The van der Waals surface area contributed by atoms with Crippen LogP contribution in [-0.2, 0) is 18.3 Å². The summed E-state index contributed by atoms with van der Waals surface area (Å²) in [5, 5.41) is 10.6. The zero-order valence-electron chi connectivity index (χ0n) is 17.6.